The Kier molecular flexibility index (Phi) is 4.58. The molecule has 2 aromatic carbocycles. The molecule has 0 aliphatic rings. The molecule has 3 rings (SSSR count). The van der Waals surface area contributed by atoms with Gasteiger partial charge in [-0.25, -0.2) is 0 Å². The van der Waals surface area contributed by atoms with Gasteiger partial charge in [-0.2, -0.15) is 0 Å². The van der Waals surface area contributed by atoms with Crippen LogP contribution in [0, 0.1) is 0 Å². The number of nitrogens with one attached hydrogen (secondary N) is 1. The van der Waals surface area contributed by atoms with Crippen molar-refractivity contribution in [1.82, 2.24) is 4.57 Å². The van der Waals surface area contributed by atoms with Gasteiger partial charge in [0.25, 0.3) is 5.91 Å². The van der Waals surface area contributed by atoms with Gasteiger partial charge in [-0.1, -0.05) is 12.1 Å². The Morgan fingerprint density at radius 2 is 1.81 bits per heavy atom. The summed E-state index contributed by atoms with van der Waals surface area (Å²) < 4.78 is 6.88. The molecule has 0 spiro atoms. The van der Waals surface area contributed by atoms with Crippen LogP contribution in [0.3, 0.4) is 0 Å². The number of ketones is 1. The maximum atomic E-state index is 12.8. The highest BCUT2D eigenvalue weighted by Gasteiger charge is 2.17. The number of carbonyl (C=O) groups is 2. The van der Waals surface area contributed by atoms with Crippen LogP contribution in [0.5, 0.6) is 5.75 Å². The minimum absolute atomic E-state index is 0.00777. The van der Waals surface area contributed by atoms with Gasteiger partial charge in [0.15, 0.2) is 5.78 Å². The van der Waals surface area contributed by atoms with E-state index < -0.39 is 11.3 Å². The number of rotatable bonds is 4. The quantitative estimate of drug-likeness (QED) is 0.734. The zero-order chi connectivity index (χ0) is 18.8. The van der Waals surface area contributed by atoms with Gasteiger partial charge in [-0.05, 0) is 37.3 Å². The van der Waals surface area contributed by atoms with Crippen molar-refractivity contribution in [1.29, 1.82) is 0 Å². The fraction of sp³-hybridized carbons (Fsp3) is 0.150. The Balaban J connectivity index is 2.08. The zero-order valence-corrected chi connectivity index (χ0v) is 14.7. The molecule has 1 aromatic heterocycles. The third-order valence-corrected chi connectivity index (χ3v) is 4.19. The van der Waals surface area contributed by atoms with Crippen LogP contribution in [0.15, 0.2) is 53.5 Å². The number of pyridine rings is 1. The smallest absolute Gasteiger partial charge is 0.261 e. The maximum absolute atomic E-state index is 12.8. The number of aromatic nitrogens is 1. The number of hydrogen-bond donors (Lipinski definition) is 1. The molecular weight excluding hydrogens is 332 g/mol. The first-order valence-electron chi connectivity index (χ1n) is 8.01. The third kappa shape index (κ3) is 3.09. The van der Waals surface area contributed by atoms with Crippen molar-refractivity contribution >= 4 is 28.3 Å². The van der Waals surface area contributed by atoms with E-state index in [4.69, 9.17) is 4.74 Å². The molecule has 0 saturated carbocycles. The van der Waals surface area contributed by atoms with E-state index in [2.05, 4.69) is 5.32 Å². The second-order valence-electron chi connectivity index (χ2n) is 5.92. The van der Waals surface area contributed by atoms with Crippen molar-refractivity contribution in [3.63, 3.8) is 0 Å². The number of amides is 1. The lowest BCUT2D eigenvalue weighted by atomic mass is 10.1. The molecule has 132 valence electrons. The summed E-state index contributed by atoms with van der Waals surface area (Å²) in [5.74, 6) is -0.199. The number of hydrogen-bond acceptors (Lipinski definition) is 4. The van der Waals surface area contributed by atoms with Crippen LogP contribution in [0.2, 0.25) is 0 Å². The van der Waals surface area contributed by atoms with Gasteiger partial charge in [-0.15, -0.1) is 0 Å². The maximum Gasteiger partial charge on any atom is 0.261 e. The summed E-state index contributed by atoms with van der Waals surface area (Å²) in [5, 5.41) is 3.05. The van der Waals surface area contributed by atoms with Crippen LogP contribution in [0.25, 0.3) is 10.9 Å². The van der Waals surface area contributed by atoms with E-state index >= 15 is 0 Å². The van der Waals surface area contributed by atoms with Crippen molar-refractivity contribution in [3.05, 3.63) is 70.0 Å². The fourth-order valence-electron chi connectivity index (χ4n) is 2.85. The first-order chi connectivity index (χ1) is 12.4. The lowest BCUT2D eigenvalue weighted by Gasteiger charge is -2.12. The highest BCUT2D eigenvalue weighted by atomic mass is 16.5. The second kappa shape index (κ2) is 6.84. The minimum atomic E-state index is -0.566. The molecule has 0 saturated heterocycles. The summed E-state index contributed by atoms with van der Waals surface area (Å²) in [6.07, 6.45) is 1.49. The van der Waals surface area contributed by atoms with Crippen LogP contribution in [-0.2, 0) is 7.05 Å². The Bertz CT molecular complexity index is 1080. The van der Waals surface area contributed by atoms with Gasteiger partial charge in [-0.3, -0.25) is 14.4 Å². The molecule has 0 unspecified atom stereocenters. The SMILES string of the molecule is COc1ccc2c(c1)c(=O)c(C(=O)Nc1ccccc1C(C)=O)cn2C. The molecule has 0 atom stereocenters. The Morgan fingerprint density at radius 3 is 2.50 bits per heavy atom. The van der Waals surface area contributed by atoms with E-state index in [1.165, 1.54) is 20.2 Å². The second-order valence-corrected chi connectivity index (χ2v) is 5.92. The van der Waals surface area contributed by atoms with Crippen molar-refractivity contribution in [3.8, 4) is 5.75 Å². The summed E-state index contributed by atoms with van der Waals surface area (Å²) in [4.78, 5) is 37.2. The molecule has 3 aromatic rings. The fourth-order valence-corrected chi connectivity index (χ4v) is 2.85. The van der Waals surface area contributed by atoms with E-state index in [0.29, 0.717) is 27.9 Å². The van der Waals surface area contributed by atoms with Crippen LogP contribution in [0.1, 0.15) is 27.6 Å². The molecule has 6 heteroatoms. The summed E-state index contributed by atoms with van der Waals surface area (Å²) in [7, 11) is 3.27. The summed E-state index contributed by atoms with van der Waals surface area (Å²) in [6.45, 7) is 1.42. The van der Waals surface area contributed by atoms with E-state index in [1.807, 2.05) is 0 Å². The average Bonchev–Trinajstić information content (AvgIpc) is 2.64. The zero-order valence-electron chi connectivity index (χ0n) is 14.7. The third-order valence-electron chi connectivity index (χ3n) is 4.19. The topological polar surface area (TPSA) is 77.4 Å². The van der Waals surface area contributed by atoms with Crippen molar-refractivity contribution < 1.29 is 14.3 Å². The number of carbonyl (C=O) groups excluding carboxylic acids is 2. The molecule has 1 amide bonds. The molecule has 1 N–H and O–H groups in total. The monoisotopic (exact) mass is 350 g/mol. The van der Waals surface area contributed by atoms with Crippen LogP contribution in [0.4, 0.5) is 5.69 Å². The normalized spacial score (nSPS) is 10.6. The van der Waals surface area contributed by atoms with Gasteiger partial charge < -0.3 is 14.6 Å². The molecule has 0 aliphatic carbocycles. The summed E-state index contributed by atoms with van der Waals surface area (Å²) in [6, 6.07) is 11.8. The van der Waals surface area contributed by atoms with E-state index in [9.17, 15) is 14.4 Å². The number of anilines is 1. The summed E-state index contributed by atoms with van der Waals surface area (Å²) >= 11 is 0. The van der Waals surface area contributed by atoms with Crippen molar-refractivity contribution in [2.24, 2.45) is 7.05 Å². The lowest BCUT2D eigenvalue weighted by Crippen LogP contribution is -2.24. The Hall–Kier alpha value is -3.41. The molecule has 0 aliphatic heterocycles. The number of aryl methyl sites for hydroxylation is 1. The number of methoxy groups -OCH3 is 1. The number of para-hydroxylation sites is 1. The summed E-state index contributed by atoms with van der Waals surface area (Å²) in [5.41, 5.74) is 1.05. The standard InChI is InChI=1S/C20H18N2O4/c1-12(23)14-6-4-5-7-17(14)21-20(25)16-11-22(2)18-9-8-13(26-3)10-15(18)19(16)24/h4-11H,1-3H3,(H,21,25). The number of nitrogens with zero attached hydrogens (tertiary/aromatic N) is 1. The van der Waals surface area contributed by atoms with Gasteiger partial charge in [0.05, 0.1) is 23.7 Å². The highest BCUT2D eigenvalue weighted by Crippen LogP contribution is 2.20. The molecular formula is C20H18N2O4. The first kappa shape index (κ1) is 17.4. The predicted molar refractivity (Wildman–Crippen MR) is 100 cm³/mol. The van der Waals surface area contributed by atoms with Crippen molar-refractivity contribution in [2.75, 3.05) is 12.4 Å². The van der Waals surface area contributed by atoms with E-state index in [1.54, 1.807) is 54.1 Å². The molecule has 6 nitrogen and oxygen atoms in total. The molecule has 0 bridgehead atoms. The number of fused-ring (bicyclic) bond motifs is 1. The Morgan fingerprint density at radius 1 is 1.08 bits per heavy atom. The van der Waals surface area contributed by atoms with Crippen molar-refractivity contribution in [2.45, 2.75) is 6.92 Å². The van der Waals surface area contributed by atoms with E-state index in [0.717, 1.165) is 0 Å². The highest BCUT2D eigenvalue weighted by molar-refractivity contribution is 6.09. The van der Waals surface area contributed by atoms with Gasteiger partial charge >= 0.3 is 0 Å². The molecule has 26 heavy (non-hydrogen) atoms. The Labute approximate surface area is 150 Å². The predicted octanol–water partition coefficient (Wildman–Crippen LogP) is 3.00. The van der Waals surface area contributed by atoms with E-state index in [-0.39, 0.29) is 11.3 Å². The van der Waals surface area contributed by atoms with Gasteiger partial charge in [0.1, 0.15) is 11.3 Å². The number of benzene rings is 2. The molecule has 0 fully saturated rings. The van der Waals surface area contributed by atoms with Crippen LogP contribution in [-0.4, -0.2) is 23.4 Å². The number of ether oxygens (including phenoxy) is 1. The minimum Gasteiger partial charge on any atom is -0.497 e. The largest absolute Gasteiger partial charge is 0.497 e. The van der Waals surface area contributed by atoms with Crippen LogP contribution < -0.4 is 15.5 Å². The van der Waals surface area contributed by atoms with Crippen LogP contribution >= 0.6 is 0 Å². The first-order valence-corrected chi connectivity index (χ1v) is 8.01. The molecule has 0 radical (unpaired) electrons. The van der Waals surface area contributed by atoms with Gasteiger partial charge in [0.2, 0.25) is 5.43 Å². The average molecular weight is 350 g/mol. The number of Topliss-reactive ketones (excluding diaryl/α,β-unsaturated/α-hetero) is 1. The van der Waals surface area contributed by atoms with Gasteiger partial charge in [0, 0.05) is 18.8 Å². The molecule has 1 heterocycles. The lowest BCUT2D eigenvalue weighted by molar-refractivity contribution is 0.101.